The Bertz CT molecular complexity index is 97.9. The first-order valence-electron chi connectivity index (χ1n) is 5.61. The van der Waals surface area contributed by atoms with Crippen molar-refractivity contribution in [3.8, 4) is 0 Å². The molecule has 2 saturated heterocycles. The summed E-state index contributed by atoms with van der Waals surface area (Å²) in [7, 11) is 1.08. The second kappa shape index (κ2) is 9.89. The molecule has 0 bridgehead atoms. The van der Waals surface area contributed by atoms with Gasteiger partial charge in [-0.1, -0.05) is 20.3 Å². The zero-order chi connectivity index (χ0) is 10.8. The first-order chi connectivity index (χ1) is 6.79. The lowest BCUT2D eigenvalue weighted by Crippen LogP contribution is -2.13. The van der Waals surface area contributed by atoms with Gasteiger partial charge in [-0.15, -0.1) is 8.58 Å². The molecule has 0 aliphatic carbocycles. The van der Waals surface area contributed by atoms with Crippen LogP contribution in [0.2, 0.25) is 0 Å². The van der Waals surface area contributed by atoms with Crippen molar-refractivity contribution in [2.45, 2.75) is 45.3 Å². The van der Waals surface area contributed by atoms with Gasteiger partial charge < -0.3 is 9.47 Å². The maximum atomic E-state index is 5.35. The molecular weight excluding hydrogens is 195 g/mol. The Morgan fingerprint density at radius 1 is 1.00 bits per heavy atom. The van der Waals surface area contributed by atoms with Crippen LogP contribution in [0.1, 0.15) is 33.1 Å². The molecule has 0 aromatic carbocycles. The van der Waals surface area contributed by atoms with Crippen LogP contribution >= 0.6 is 8.58 Å². The molecule has 86 valence electrons. The van der Waals surface area contributed by atoms with Gasteiger partial charge in [-0.05, 0) is 26.2 Å². The Morgan fingerprint density at radius 3 is 1.57 bits per heavy atom. The second-order valence-electron chi connectivity index (χ2n) is 3.60. The largest absolute Gasteiger partial charge is 0.375 e. The van der Waals surface area contributed by atoms with E-state index in [1.165, 1.54) is 6.42 Å². The highest BCUT2D eigenvalue weighted by molar-refractivity contribution is 7.35. The molecule has 2 unspecified atom stereocenters. The van der Waals surface area contributed by atoms with E-state index < -0.39 is 0 Å². The molecule has 2 rings (SSSR count). The van der Waals surface area contributed by atoms with Crippen molar-refractivity contribution in [1.82, 2.24) is 0 Å². The number of rotatable bonds is 0. The lowest BCUT2D eigenvalue weighted by molar-refractivity contribution is 0.0732. The fourth-order valence-electron chi connectivity index (χ4n) is 1.42. The van der Waals surface area contributed by atoms with Crippen molar-refractivity contribution in [2.24, 2.45) is 0 Å². The summed E-state index contributed by atoms with van der Waals surface area (Å²) in [4.78, 5) is 0. The highest BCUT2D eigenvalue weighted by Gasteiger charge is 2.33. The molecule has 2 atom stereocenters. The van der Waals surface area contributed by atoms with Gasteiger partial charge in [0.05, 0.1) is 12.2 Å². The summed E-state index contributed by atoms with van der Waals surface area (Å²) in [5.41, 5.74) is 0. The minimum atomic E-state index is 0.454. The number of ether oxygens (including phenoxy) is 2. The first-order valence-corrected chi connectivity index (χ1v) is 7.61. The van der Waals surface area contributed by atoms with Gasteiger partial charge >= 0.3 is 0 Å². The van der Waals surface area contributed by atoms with Gasteiger partial charge in [0, 0.05) is 13.2 Å². The third-order valence-electron chi connectivity index (χ3n) is 1.88. The van der Waals surface area contributed by atoms with Crippen LogP contribution in [0.3, 0.4) is 0 Å². The molecule has 0 aromatic rings. The highest BCUT2D eigenvalue weighted by Crippen LogP contribution is 2.25. The molecular formula is C11H25O2P. The first kappa shape index (κ1) is 14.3. The fourth-order valence-corrected chi connectivity index (χ4v) is 1.42. The average Bonchev–Trinajstić information content (AvgIpc) is 2.65. The van der Waals surface area contributed by atoms with Gasteiger partial charge in [-0.25, -0.2) is 0 Å². The number of hydrogen-bond acceptors (Lipinski definition) is 2. The standard InChI is InChI=1S/C6H10O2.C3H8.C2H7P/c1-3-7-6-2-4-8-5(1)6;2*1-3-2/h5-6H,1-4H2;3H2,1-2H3;3H,1-2H3. The molecule has 2 aliphatic rings. The molecule has 2 aliphatic heterocycles. The van der Waals surface area contributed by atoms with Gasteiger partial charge in [0.2, 0.25) is 0 Å². The lowest BCUT2D eigenvalue weighted by atomic mass is 10.2. The van der Waals surface area contributed by atoms with E-state index in [0.29, 0.717) is 12.2 Å². The normalized spacial score (nSPS) is 28.3. The van der Waals surface area contributed by atoms with Gasteiger partial charge in [0.1, 0.15) is 0 Å². The Morgan fingerprint density at radius 2 is 1.29 bits per heavy atom. The van der Waals surface area contributed by atoms with E-state index in [9.17, 15) is 0 Å². The van der Waals surface area contributed by atoms with Crippen LogP contribution in [0.4, 0.5) is 0 Å². The van der Waals surface area contributed by atoms with Crippen LogP contribution in [-0.4, -0.2) is 38.8 Å². The summed E-state index contributed by atoms with van der Waals surface area (Å²) in [5.74, 6) is 0. The Balaban J connectivity index is 0.000000242. The van der Waals surface area contributed by atoms with Crippen LogP contribution in [0.5, 0.6) is 0 Å². The predicted octanol–water partition coefficient (Wildman–Crippen LogP) is 2.91. The Hall–Kier alpha value is 0.350. The van der Waals surface area contributed by atoms with E-state index in [0.717, 1.165) is 34.6 Å². The summed E-state index contributed by atoms with van der Waals surface area (Å²) in [5, 5.41) is 0. The van der Waals surface area contributed by atoms with Crippen LogP contribution in [0.25, 0.3) is 0 Å². The molecule has 0 N–H and O–H groups in total. The fraction of sp³-hybridized carbons (Fsp3) is 1.00. The van der Waals surface area contributed by atoms with Crippen molar-refractivity contribution < 1.29 is 9.47 Å². The Labute approximate surface area is 90.5 Å². The smallest absolute Gasteiger partial charge is 0.0859 e. The minimum Gasteiger partial charge on any atom is -0.375 e. The molecule has 2 fully saturated rings. The van der Waals surface area contributed by atoms with Gasteiger partial charge in [-0.2, -0.15) is 0 Å². The van der Waals surface area contributed by atoms with Crippen LogP contribution in [-0.2, 0) is 9.47 Å². The topological polar surface area (TPSA) is 18.5 Å². The average molecular weight is 220 g/mol. The van der Waals surface area contributed by atoms with Gasteiger partial charge in [-0.3, -0.25) is 0 Å². The summed E-state index contributed by atoms with van der Waals surface area (Å²) in [6, 6.07) is 0. The monoisotopic (exact) mass is 220 g/mol. The van der Waals surface area contributed by atoms with Crippen molar-refractivity contribution in [3.05, 3.63) is 0 Å². The molecule has 3 heteroatoms. The molecule has 0 amide bonds. The van der Waals surface area contributed by atoms with E-state index in [4.69, 9.17) is 9.47 Å². The summed E-state index contributed by atoms with van der Waals surface area (Å²) < 4.78 is 10.7. The maximum absolute atomic E-state index is 5.35. The van der Waals surface area contributed by atoms with E-state index in [1.807, 2.05) is 0 Å². The molecule has 0 saturated carbocycles. The molecule has 2 nitrogen and oxygen atoms in total. The summed E-state index contributed by atoms with van der Waals surface area (Å²) >= 11 is 0. The van der Waals surface area contributed by atoms with E-state index in [-0.39, 0.29) is 0 Å². The SMILES string of the molecule is C1CC2OCCC2O1.CCC.CPC. The van der Waals surface area contributed by atoms with Crippen molar-refractivity contribution in [2.75, 3.05) is 26.5 Å². The molecule has 0 spiro atoms. The second-order valence-corrected chi connectivity index (χ2v) is 4.60. The zero-order valence-corrected chi connectivity index (χ0v) is 11.0. The molecule has 0 radical (unpaired) electrons. The van der Waals surface area contributed by atoms with E-state index >= 15 is 0 Å². The van der Waals surface area contributed by atoms with E-state index in [2.05, 4.69) is 27.2 Å². The number of fused-ring (bicyclic) bond motifs is 1. The van der Waals surface area contributed by atoms with Crippen molar-refractivity contribution in [3.63, 3.8) is 0 Å². The van der Waals surface area contributed by atoms with Crippen molar-refractivity contribution >= 4 is 8.58 Å². The maximum Gasteiger partial charge on any atom is 0.0859 e. The Kier molecular flexibility index (Phi) is 10.1. The third-order valence-corrected chi connectivity index (χ3v) is 1.88. The molecule has 14 heavy (non-hydrogen) atoms. The number of hydrogen-bond donors (Lipinski definition) is 0. The van der Waals surface area contributed by atoms with Gasteiger partial charge in [0.25, 0.3) is 0 Å². The summed E-state index contributed by atoms with van der Waals surface area (Å²) in [6.45, 7) is 10.4. The highest BCUT2D eigenvalue weighted by atomic mass is 31.1. The summed E-state index contributed by atoms with van der Waals surface area (Å²) in [6.07, 6.45) is 4.39. The van der Waals surface area contributed by atoms with Crippen LogP contribution in [0.15, 0.2) is 0 Å². The quantitative estimate of drug-likeness (QED) is 0.584. The van der Waals surface area contributed by atoms with Crippen molar-refractivity contribution in [1.29, 1.82) is 0 Å². The van der Waals surface area contributed by atoms with Crippen LogP contribution in [0, 0.1) is 0 Å². The molecule has 0 aromatic heterocycles. The van der Waals surface area contributed by atoms with Gasteiger partial charge in [0.15, 0.2) is 0 Å². The predicted molar refractivity (Wildman–Crippen MR) is 64.8 cm³/mol. The van der Waals surface area contributed by atoms with Crippen LogP contribution < -0.4 is 0 Å². The minimum absolute atomic E-state index is 0.454. The lowest BCUT2D eigenvalue weighted by Gasteiger charge is -2.03. The zero-order valence-electron chi connectivity index (χ0n) is 10.0. The van der Waals surface area contributed by atoms with E-state index in [1.54, 1.807) is 0 Å². The molecule has 2 heterocycles. The third kappa shape index (κ3) is 5.95.